The van der Waals surface area contributed by atoms with E-state index >= 15 is 0 Å². The lowest BCUT2D eigenvalue weighted by atomic mass is 9.81. The van der Waals surface area contributed by atoms with Crippen molar-refractivity contribution in [3.05, 3.63) is 138 Å². The Kier molecular flexibility index (Phi) is 11.4. The summed E-state index contributed by atoms with van der Waals surface area (Å²) in [5, 5.41) is 18.8. The van der Waals surface area contributed by atoms with E-state index in [0.29, 0.717) is 30.5 Å². The van der Waals surface area contributed by atoms with E-state index < -0.39 is 5.97 Å². The first-order valence-electron chi connectivity index (χ1n) is 23.1. The number of carboxylic acids is 1. The molecule has 0 radical (unpaired) electrons. The van der Waals surface area contributed by atoms with Gasteiger partial charge >= 0.3 is 18.0 Å². The maximum atomic E-state index is 13.5. The highest BCUT2D eigenvalue weighted by atomic mass is 16.5. The number of fused-ring (bicyclic) bond motifs is 10. The third kappa shape index (κ3) is 7.58. The summed E-state index contributed by atoms with van der Waals surface area (Å²) in [5.41, 5.74) is 13.4. The Hall–Kier alpha value is -6.81. The molecular weight excluding hydrogens is 799 g/mol. The van der Waals surface area contributed by atoms with Crippen molar-refractivity contribution in [1.29, 1.82) is 0 Å². The number of urea groups is 1. The van der Waals surface area contributed by atoms with Gasteiger partial charge < -0.3 is 29.6 Å². The largest absolute Gasteiger partial charge is 0.478 e. The number of nitrogens with one attached hydrogen (secondary N) is 2. The first kappa shape index (κ1) is 41.2. The molecule has 10 heteroatoms. The molecule has 2 amide bonds. The minimum Gasteiger partial charge on any atom is -0.478 e. The van der Waals surface area contributed by atoms with Crippen LogP contribution in [-0.2, 0) is 17.8 Å². The summed E-state index contributed by atoms with van der Waals surface area (Å²) in [6, 6.07) is 37.7. The fourth-order valence-corrected chi connectivity index (χ4v) is 11.1. The summed E-state index contributed by atoms with van der Waals surface area (Å²) in [7, 11) is 1.44. The Morgan fingerprint density at radius 3 is 1.84 bits per heavy atom. The topological polar surface area (TPSA) is 118 Å². The number of methoxy groups -OCH3 is 1. The molecule has 4 heterocycles. The van der Waals surface area contributed by atoms with Crippen molar-refractivity contribution in [1.82, 2.24) is 9.13 Å². The zero-order chi connectivity index (χ0) is 43.7. The Morgan fingerprint density at radius 1 is 0.625 bits per heavy atom. The molecule has 0 unspecified atom stereocenters. The molecule has 2 fully saturated rings. The van der Waals surface area contributed by atoms with Crippen LogP contribution in [0.2, 0.25) is 0 Å². The molecule has 2 saturated carbocycles. The highest BCUT2D eigenvalue weighted by molar-refractivity contribution is 6.07. The average molecular weight is 854 g/mol. The fraction of sp³-hybridized carbons (Fsp3) is 0.315. The molecule has 2 aromatic heterocycles. The molecule has 326 valence electrons. The van der Waals surface area contributed by atoms with Crippen LogP contribution >= 0.6 is 0 Å². The van der Waals surface area contributed by atoms with Gasteiger partial charge in [-0.05, 0) is 97.2 Å². The number of hydrogen-bond donors (Lipinski definition) is 3. The predicted octanol–water partition coefficient (Wildman–Crippen LogP) is 12.7. The minimum absolute atomic E-state index is 0.172. The van der Waals surface area contributed by atoms with Crippen molar-refractivity contribution < 1.29 is 24.2 Å². The summed E-state index contributed by atoms with van der Waals surface area (Å²) >= 11 is 0. The van der Waals surface area contributed by atoms with Gasteiger partial charge in [0, 0.05) is 70.5 Å². The smallest absolute Gasteiger partial charge is 0.337 e. The van der Waals surface area contributed by atoms with E-state index in [1.165, 1.54) is 91.9 Å². The number of rotatable bonds is 5. The van der Waals surface area contributed by atoms with Gasteiger partial charge in [-0.25, -0.2) is 14.4 Å². The van der Waals surface area contributed by atoms with E-state index in [-0.39, 0.29) is 17.6 Å². The Balaban J connectivity index is 0.000000156. The Morgan fingerprint density at radius 2 is 1.19 bits per heavy atom. The minimum atomic E-state index is -0.926. The number of aromatic nitrogens is 2. The summed E-state index contributed by atoms with van der Waals surface area (Å²) in [5.74, 6) is -0.193. The second kappa shape index (κ2) is 17.8. The molecule has 0 saturated heterocycles. The number of benzene rings is 5. The zero-order valence-corrected chi connectivity index (χ0v) is 36.4. The van der Waals surface area contributed by atoms with Gasteiger partial charge in [-0.2, -0.15) is 0 Å². The van der Waals surface area contributed by atoms with Gasteiger partial charge in [0.05, 0.1) is 35.3 Å². The van der Waals surface area contributed by atoms with Crippen molar-refractivity contribution in [2.24, 2.45) is 0 Å². The van der Waals surface area contributed by atoms with Crippen LogP contribution in [0, 0.1) is 0 Å². The lowest BCUT2D eigenvalue weighted by Gasteiger charge is -2.25. The van der Waals surface area contributed by atoms with E-state index in [1.54, 1.807) is 12.1 Å². The summed E-state index contributed by atoms with van der Waals surface area (Å²) in [6.45, 7) is 2.82. The standard InChI is InChI=1S/C30H29N3O3.C24H26N2O2/c34-29(35)21-15-16-23-26(19-21)32-17-18-33(30(36)31-22-11-5-2-6-12-22)25-14-8-7-13-24(25)28(32)27(23)20-9-3-1-4-10-20;1-28-24(27)17-11-12-19-21(15-17)26-14-13-25-20-10-6-5-9-18(20)23(26)22(19)16-7-3-2-4-8-16/h2,5-8,11-16,19-20H,1,3-4,9-10,17-18H2,(H,31,36)(H,34,35);5-6,9-12,15-16,25H,2-4,7-8,13-14H2,1H3. The number of anilines is 3. The number of carbonyl (C=O) groups is 3. The van der Waals surface area contributed by atoms with Gasteiger partial charge in [0.25, 0.3) is 0 Å². The third-order valence-corrected chi connectivity index (χ3v) is 14.0. The van der Waals surface area contributed by atoms with Crippen LogP contribution in [0.15, 0.2) is 115 Å². The second-order valence-corrected chi connectivity index (χ2v) is 17.7. The van der Waals surface area contributed by atoms with Crippen LogP contribution in [0.1, 0.15) is 108 Å². The van der Waals surface area contributed by atoms with Crippen molar-refractivity contribution in [2.75, 3.05) is 35.7 Å². The molecule has 10 nitrogen and oxygen atoms in total. The number of para-hydroxylation sites is 3. The van der Waals surface area contributed by atoms with E-state index in [9.17, 15) is 19.5 Å². The fourth-order valence-electron chi connectivity index (χ4n) is 11.1. The monoisotopic (exact) mass is 853 g/mol. The molecule has 3 N–H and O–H groups in total. The van der Waals surface area contributed by atoms with Gasteiger partial charge in [-0.15, -0.1) is 0 Å². The van der Waals surface area contributed by atoms with Crippen molar-refractivity contribution >= 4 is 56.8 Å². The number of amides is 2. The molecular formula is C54H55N5O5. The maximum Gasteiger partial charge on any atom is 0.337 e. The summed E-state index contributed by atoms with van der Waals surface area (Å²) < 4.78 is 9.64. The summed E-state index contributed by atoms with van der Waals surface area (Å²) in [4.78, 5) is 39.3. The van der Waals surface area contributed by atoms with Crippen LogP contribution in [0.5, 0.6) is 0 Å². The average Bonchev–Trinajstić information content (AvgIpc) is 3.68. The SMILES string of the molecule is COC(=O)c1ccc2c(C3CCCCC3)c3n(c2c1)CCNc1ccccc1-3.O=C(O)c1ccc2c(C3CCCCC3)c3n(c2c1)CCN(C(=O)Nc1ccccc1)c1ccccc1-3. The lowest BCUT2D eigenvalue weighted by Crippen LogP contribution is -2.36. The van der Waals surface area contributed by atoms with Gasteiger partial charge in [0.1, 0.15) is 0 Å². The molecule has 64 heavy (non-hydrogen) atoms. The molecule has 2 aliphatic heterocycles. The van der Waals surface area contributed by atoms with Gasteiger partial charge in [-0.3, -0.25) is 4.90 Å². The molecule has 5 aromatic carbocycles. The lowest BCUT2D eigenvalue weighted by molar-refractivity contribution is 0.0600. The first-order chi connectivity index (χ1) is 31.4. The van der Waals surface area contributed by atoms with E-state index in [1.807, 2.05) is 71.6 Å². The molecule has 7 aromatic rings. The quantitative estimate of drug-likeness (QED) is 0.148. The second-order valence-electron chi connectivity index (χ2n) is 17.7. The third-order valence-electron chi connectivity index (χ3n) is 14.0. The van der Waals surface area contributed by atoms with Crippen LogP contribution < -0.4 is 15.5 Å². The number of esters is 1. The highest BCUT2D eigenvalue weighted by Gasteiger charge is 2.33. The van der Waals surface area contributed by atoms with Crippen molar-refractivity contribution in [3.63, 3.8) is 0 Å². The Labute approximate surface area is 373 Å². The zero-order valence-electron chi connectivity index (χ0n) is 36.4. The number of ether oxygens (including phenoxy) is 1. The van der Waals surface area contributed by atoms with E-state index in [2.05, 4.69) is 56.2 Å². The molecule has 0 spiro atoms. The van der Waals surface area contributed by atoms with Gasteiger partial charge in [0.2, 0.25) is 0 Å². The van der Waals surface area contributed by atoms with Gasteiger partial charge in [-0.1, -0.05) is 105 Å². The molecule has 4 aliphatic rings. The molecule has 0 bridgehead atoms. The number of carboxylic acid groups (broad SMARTS) is 1. The van der Waals surface area contributed by atoms with Crippen LogP contribution in [0.3, 0.4) is 0 Å². The van der Waals surface area contributed by atoms with Gasteiger partial charge in [0.15, 0.2) is 0 Å². The Bertz CT molecular complexity index is 2880. The molecule has 11 rings (SSSR count). The number of aromatic carboxylic acids is 1. The van der Waals surface area contributed by atoms with Crippen LogP contribution in [0.25, 0.3) is 44.3 Å². The number of carbonyl (C=O) groups excluding carboxylic acids is 2. The number of hydrogen-bond acceptors (Lipinski definition) is 5. The predicted molar refractivity (Wildman–Crippen MR) is 256 cm³/mol. The molecule has 0 atom stereocenters. The highest BCUT2D eigenvalue weighted by Crippen LogP contribution is 2.49. The summed E-state index contributed by atoms with van der Waals surface area (Å²) in [6.07, 6.45) is 12.4. The van der Waals surface area contributed by atoms with Crippen molar-refractivity contribution in [2.45, 2.75) is 89.1 Å². The van der Waals surface area contributed by atoms with E-state index in [0.717, 1.165) is 65.0 Å². The van der Waals surface area contributed by atoms with Crippen LogP contribution in [-0.4, -0.2) is 52.4 Å². The van der Waals surface area contributed by atoms with Crippen molar-refractivity contribution in [3.8, 4) is 22.5 Å². The number of nitrogens with zero attached hydrogens (tertiary/aromatic N) is 3. The maximum absolute atomic E-state index is 13.5. The normalized spacial score (nSPS) is 16.2. The first-order valence-corrected chi connectivity index (χ1v) is 23.1. The molecule has 2 aliphatic carbocycles. The van der Waals surface area contributed by atoms with E-state index in [4.69, 9.17) is 4.74 Å². The van der Waals surface area contributed by atoms with Crippen LogP contribution in [0.4, 0.5) is 21.9 Å².